The molecule has 0 aliphatic carbocycles. The highest BCUT2D eigenvalue weighted by Crippen LogP contribution is 2.56. The highest BCUT2D eigenvalue weighted by atomic mass is 35.5. The number of hydrogen-bond donors (Lipinski definition) is 0. The van der Waals surface area contributed by atoms with Gasteiger partial charge in [0, 0.05) is 11.9 Å². The number of ether oxygens (including phenoxy) is 1. The van der Waals surface area contributed by atoms with E-state index in [1.54, 1.807) is 41.3 Å². The van der Waals surface area contributed by atoms with Crippen LogP contribution in [0.4, 0.5) is 5.69 Å². The summed E-state index contributed by atoms with van der Waals surface area (Å²) in [5, 5.41) is 12.0. The molecule has 3 aliphatic rings. The van der Waals surface area contributed by atoms with E-state index in [0.29, 0.717) is 17.1 Å². The van der Waals surface area contributed by atoms with Crippen molar-refractivity contribution in [3.63, 3.8) is 0 Å². The van der Waals surface area contributed by atoms with E-state index in [2.05, 4.69) is 6.58 Å². The molecule has 0 unspecified atom stereocenters. The van der Waals surface area contributed by atoms with Gasteiger partial charge in [-0.2, -0.15) is 0 Å². The van der Waals surface area contributed by atoms with Crippen LogP contribution in [0.2, 0.25) is 5.02 Å². The highest BCUT2D eigenvalue weighted by molar-refractivity contribution is 6.34. The molecule has 1 aromatic carbocycles. The van der Waals surface area contributed by atoms with Gasteiger partial charge in [0.25, 0.3) is 0 Å². The minimum atomic E-state index is -1.26. The molecule has 3 aliphatic heterocycles. The van der Waals surface area contributed by atoms with Crippen molar-refractivity contribution in [2.45, 2.75) is 24.2 Å². The summed E-state index contributed by atoms with van der Waals surface area (Å²) in [5.74, 6) is -3.35. The number of halogens is 1. The van der Waals surface area contributed by atoms with Gasteiger partial charge in [0.2, 0.25) is 5.91 Å². The minimum Gasteiger partial charge on any atom is -0.550 e. The summed E-state index contributed by atoms with van der Waals surface area (Å²) < 4.78 is 6.00. The first kappa shape index (κ1) is 15.4. The SMILES string of the molecule is C=CC[C@@H]1N(c2ccccc2Cl)C(=O)[C@H]2[C@@H](C(=O)[O-])[C@@H]3C=C[C@@]12O3. The number of amides is 1. The van der Waals surface area contributed by atoms with Crippen molar-refractivity contribution < 1.29 is 19.4 Å². The summed E-state index contributed by atoms with van der Waals surface area (Å²) in [5.41, 5.74) is -0.419. The number of aliphatic carboxylic acids is 1. The topological polar surface area (TPSA) is 69.7 Å². The predicted octanol–water partition coefficient (Wildman–Crippen LogP) is 1.32. The molecule has 0 saturated carbocycles. The van der Waals surface area contributed by atoms with Crippen molar-refractivity contribution in [3.8, 4) is 0 Å². The van der Waals surface area contributed by atoms with Crippen LogP contribution >= 0.6 is 11.6 Å². The van der Waals surface area contributed by atoms with Crippen molar-refractivity contribution in [1.29, 1.82) is 0 Å². The molecule has 124 valence electrons. The van der Waals surface area contributed by atoms with E-state index in [9.17, 15) is 14.7 Å². The van der Waals surface area contributed by atoms with E-state index in [-0.39, 0.29) is 5.91 Å². The van der Waals surface area contributed by atoms with Crippen molar-refractivity contribution in [2.75, 3.05) is 4.90 Å². The van der Waals surface area contributed by atoms with Crippen LogP contribution in [-0.4, -0.2) is 29.6 Å². The number of carboxylic acid groups (broad SMARTS) is 1. The van der Waals surface area contributed by atoms with Gasteiger partial charge in [-0.25, -0.2) is 0 Å². The Morgan fingerprint density at radius 1 is 1.46 bits per heavy atom. The van der Waals surface area contributed by atoms with Crippen LogP contribution in [0.5, 0.6) is 0 Å². The van der Waals surface area contributed by atoms with Gasteiger partial charge in [-0.05, 0) is 18.6 Å². The molecule has 24 heavy (non-hydrogen) atoms. The molecule has 5 atom stereocenters. The number of anilines is 1. The van der Waals surface area contributed by atoms with E-state index in [1.807, 2.05) is 6.08 Å². The van der Waals surface area contributed by atoms with Crippen LogP contribution in [0.25, 0.3) is 0 Å². The predicted molar refractivity (Wildman–Crippen MR) is 86.3 cm³/mol. The number of carbonyl (C=O) groups excluding carboxylic acids is 2. The van der Waals surface area contributed by atoms with Crippen LogP contribution in [0.15, 0.2) is 49.1 Å². The summed E-state index contributed by atoms with van der Waals surface area (Å²) in [6, 6.07) is 6.62. The number of carboxylic acids is 1. The molecule has 0 radical (unpaired) electrons. The van der Waals surface area contributed by atoms with Crippen molar-refractivity contribution >= 4 is 29.2 Å². The Bertz CT molecular complexity index is 776. The zero-order valence-electron chi connectivity index (χ0n) is 12.7. The molecule has 1 aromatic rings. The fourth-order valence-electron chi connectivity index (χ4n) is 4.30. The normalized spacial score (nSPS) is 36.2. The third-order valence-electron chi connectivity index (χ3n) is 5.20. The van der Waals surface area contributed by atoms with Gasteiger partial charge in [-0.1, -0.05) is 42.0 Å². The van der Waals surface area contributed by atoms with E-state index < -0.39 is 35.6 Å². The number of fused-ring (bicyclic) bond motifs is 1. The lowest BCUT2D eigenvalue weighted by Crippen LogP contribution is -2.46. The maximum atomic E-state index is 13.2. The van der Waals surface area contributed by atoms with Gasteiger partial charge in [-0.15, -0.1) is 6.58 Å². The average molecular weight is 345 g/mol. The number of nitrogens with zero attached hydrogens (tertiary/aromatic N) is 1. The third-order valence-corrected chi connectivity index (χ3v) is 5.52. The van der Waals surface area contributed by atoms with Crippen molar-refractivity contribution in [3.05, 3.63) is 54.1 Å². The number of hydrogen-bond acceptors (Lipinski definition) is 4. The molecular weight excluding hydrogens is 330 g/mol. The Kier molecular flexibility index (Phi) is 3.34. The quantitative estimate of drug-likeness (QED) is 0.772. The molecule has 3 heterocycles. The van der Waals surface area contributed by atoms with Gasteiger partial charge in [-0.3, -0.25) is 4.79 Å². The summed E-state index contributed by atoms with van der Waals surface area (Å²) >= 11 is 6.28. The number of para-hydroxylation sites is 1. The maximum absolute atomic E-state index is 13.2. The van der Waals surface area contributed by atoms with E-state index in [0.717, 1.165) is 0 Å². The molecule has 2 saturated heterocycles. The molecule has 4 rings (SSSR count). The molecule has 6 heteroatoms. The first-order chi connectivity index (χ1) is 11.5. The first-order valence-corrected chi connectivity index (χ1v) is 8.15. The van der Waals surface area contributed by atoms with Gasteiger partial charge < -0.3 is 19.5 Å². The zero-order valence-corrected chi connectivity index (χ0v) is 13.5. The van der Waals surface area contributed by atoms with E-state index in [4.69, 9.17) is 16.3 Å². The third kappa shape index (κ3) is 1.79. The summed E-state index contributed by atoms with van der Waals surface area (Å²) in [7, 11) is 0. The Hall–Kier alpha value is -2.11. The lowest BCUT2D eigenvalue weighted by Gasteiger charge is -2.33. The Morgan fingerprint density at radius 2 is 2.21 bits per heavy atom. The zero-order chi connectivity index (χ0) is 17.1. The number of benzene rings is 1. The van der Waals surface area contributed by atoms with Crippen molar-refractivity contribution in [1.82, 2.24) is 0 Å². The molecular formula is C18H15ClNO4-. The molecule has 2 fully saturated rings. The molecule has 1 spiro atoms. The van der Waals surface area contributed by atoms with Gasteiger partial charge >= 0.3 is 0 Å². The van der Waals surface area contributed by atoms with Crippen molar-refractivity contribution in [2.24, 2.45) is 11.8 Å². The number of rotatable bonds is 4. The lowest BCUT2D eigenvalue weighted by atomic mass is 9.74. The fourth-order valence-corrected chi connectivity index (χ4v) is 4.53. The summed E-state index contributed by atoms with van der Waals surface area (Å²) in [6.45, 7) is 3.77. The summed E-state index contributed by atoms with van der Waals surface area (Å²) in [4.78, 5) is 26.3. The highest BCUT2D eigenvalue weighted by Gasteiger charge is 2.69. The second-order valence-corrected chi connectivity index (χ2v) is 6.72. The molecule has 0 aromatic heterocycles. The van der Waals surface area contributed by atoms with E-state index >= 15 is 0 Å². The molecule has 0 N–H and O–H groups in total. The second kappa shape index (κ2) is 5.19. The minimum absolute atomic E-state index is 0.295. The number of carbonyl (C=O) groups is 2. The first-order valence-electron chi connectivity index (χ1n) is 7.78. The molecule has 2 bridgehead atoms. The Balaban J connectivity index is 1.87. The van der Waals surface area contributed by atoms with Crippen LogP contribution in [0, 0.1) is 11.8 Å². The molecule has 5 nitrogen and oxygen atoms in total. The van der Waals surface area contributed by atoms with Crippen LogP contribution in [-0.2, 0) is 14.3 Å². The van der Waals surface area contributed by atoms with Gasteiger partial charge in [0.05, 0.1) is 28.8 Å². The largest absolute Gasteiger partial charge is 0.550 e. The molecule has 1 amide bonds. The van der Waals surface area contributed by atoms with Gasteiger partial charge in [0.15, 0.2) is 0 Å². The Morgan fingerprint density at radius 3 is 2.88 bits per heavy atom. The standard InChI is InChI=1S/C18H16ClNO4/c1-2-5-13-18-9-8-12(24-18)14(17(22)23)15(18)16(21)20(13)11-7-4-3-6-10(11)19/h2-4,6-9,12-15H,1,5H2,(H,22,23)/p-1/t12-,13-,14-,15+,18+/m0/s1. The van der Waals surface area contributed by atoms with Crippen LogP contribution < -0.4 is 10.0 Å². The average Bonchev–Trinajstić information content (AvgIpc) is 3.18. The summed E-state index contributed by atoms with van der Waals surface area (Å²) in [6.07, 6.45) is 5.09. The smallest absolute Gasteiger partial charge is 0.234 e. The van der Waals surface area contributed by atoms with Crippen LogP contribution in [0.3, 0.4) is 0 Å². The second-order valence-electron chi connectivity index (χ2n) is 6.32. The van der Waals surface area contributed by atoms with E-state index in [1.165, 1.54) is 0 Å². The Labute approximate surface area is 144 Å². The van der Waals surface area contributed by atoms with Crippen LogP contribution in [0.1, 0.15) is 6.42 Å². The lowest BCUT2D eigenvalue weighted by molar-refractivity contribution is -0.313. The maximum Gasteiger partial charge on any atom is 0.234 e. The fraction of sp³-hybridized carbons (Fsp3) is 0.333. The monoisotopic (exact) mass is 344 g/mol. The van der Waals surface area contributed by atoms with Gasteiger partial charge in [0.1, 0.15) is 5.60 Å².